The summed E-state index contributed by atoms with van der Waals surface area (Å²) in [6, 6.07) is 12.6. The van der Waals surface area contributed by atoms with Crippen LogP contribution in [0.5, 0.6) is 0 Å². The van der Waals surface area contributed by atoms with E-state index in [4.69, 9.17) is 23.2 Å². The molecule has 0 aromatic heterocycles. The Balaban J connectivity index is 1.60. The second kappa shape index (κ2) is 10.2. The molecule has 0 atom stereocenters. The quantitative estimate of drug-likeness (QED) is 0.669. The number of nitrogens with one attached hydrogen (secondary N) is 2. The standard InChI is InChI=1S/C23H27Cl2N3O2/c1-15(2)14-26-23(30)18-5-3-4-6-21(18)28-11-9-17(10-12-28)27-22(29)16-7-8-19(24)20(25)13-16/h3-8,13,15,17H,9-12,14H2,1-2H3,(H,26,30)(H,27,29). The van der Waals surface area contributed by atoms with Gasteiger partial charge in [-0.15, -0.1) is 0 Å². The number of carbonyl (C=O) groups is 2. The van der Waals surface area contributed by atoms with Crippen molar-refractivity contribution in [2.24, 2.45) is 5.92 Å². The van der Waals surface area contributed by atoms with Crippen molar-refractivity contribution in [3.63, 3.8) is 0 Å². The molecule has 5 nitrogen and oxygen atoms in total. The van der Waals surface area contributed by atoms with Crippen molar-refractivity contribution in [2.45, 2.75) is 32.7 Å². The molecule has 0 bridgehead atoms. The molecule has 1 heterocycles. The second-order valence-electron chi connectivity index (χ2n) is 7.98. The number of hydrogen-bond donors (Lipinski definition) is 2. The normalized spacial score (nSPS) is 14.6. The number of hydrogen-bond acceptors (Lipinski definition) is 3. The van der Waals surface area contributed by atoms with E-state index in [1.54, 1.807) is 18.2 Å². The third-order valence-electron chi connectivity index (χ3n) is 5.17. The van der Waals surface area contributed by atoms with Crippen LogP contribution in [0.1, 0.15) is 47.4 Å². The minimum absolute atomic E-state index is 0.0469. The van der Waals surface area contributed by atoms with E-state index in [1.165, 1.54) is 0 Å². The summed E-state index contributed by atoms with van der Waals surface area (Å²) in [6.07, 6.45) is 1.60. The highest BCUT2D eigenvalue weighted by Crippen LogP contribution is 2.25. The van der Waals surface area contributed by atoms with Gasteiger partial charge in [0, 0.05) is 36.9 Å². The molecular formula is C23H27Cl2N3O2. The first-order valence-electron chi connectivity index (χ1n) is 10.2. The predicted octanol–water partition coefficient (Wildman–Crippen LogP) is 4.78. The number of para-hydroxylation sites is 1. The molecule has 2 amide bonds. The number of piperidine rings is 1. The van der Waals surface area contributed by atoms with Crippen LogP contribution >= 0.6 is 23.2 Å². The number of rotatable bonds is 6. The molecule has 2 N–H and O–H groups in total. The maximum atomic E-state index is 12.6. The van der Waals surface area contributed by atoms with Crippen LogP contribution in [0, 0.1) is 5.92 Å². The number of benzene rings is 2. The van der Waals surface area contributed by atoms with E-state index in [2.05, 4.69) is 29.4 Å². The first kappa shape index (κ1) is 22.4. The van der Waals surface area contributed by atoms with E-state index < -0.39 is 0 Å². The molecule has 7 heteroatoms. The van der Waals surface area contributed by atoms with Crippen molar-refractivity contribution in [1.82, 2.24) is 10.6 Å². The lowest BCUT2D eigenvalue weighted by Gasteiger charge is -2.35. The molecular weight excluding hydrogens is 421 g/mol. The van der Waals surface area contributed by atoms with Crippen LogP contribution in [0.4, 0.5) is 5.69 Å². The van der Waals surface area contributed by atoms with Crippen molar-refractivity contribution in [3.8, 4) is 0 Å². The number of carbonyl (C=O) groups excluding carboxylic acids is 2. The highest BCUT2D eigenvalue weighted by atomic mass is 35.5. The SMILES string of the molecule is CC(C)CNC(=O)c1ccccc1N1CCC(NC(=O)c2ccc(Cl)c(Cl)c2)CC1. The van der Waals surface area contributed by atoms with Crippen LogP contribution in [-0.4, -0.2) is 37.5 Å². The molecule has 1 saturated heterocycles. The molecule has 30 heavy (non-hydrogen) atoms. The molecule has 3 rings (SSSR count). The van der Waals surface area contributed by atoms with Gasteiger partial charge in [-0.1, -0.05) is 49.2 Å². The Morgan fingerprint density at radius 1 is 1.03 bits per heavy atom. The first-order valence-corrected chi connectivity index (χ1v) is 11.0. The monoisotopic (exact) mass is 447 g/mol. The van der Waals surface area contributed by atoms with Crippen LogP contribution < -0.4 is 15.5 Å². The maximum absolute atomic E-state index is 12.6. The van der Waals surface area contributed by atoms with Crippen LogP contribution in [0.15, 0.2) is 42.5 Å². The summed E-state index contributed by atoms with van der Waals surface area (Å²) in [4.78, 5) is 27.3. The molecule has 2 aromatic carbocycles. The lowest BCUT2D eigenvalue weighted by molar-refractivity contribution is 0.0929. The Morgan fingerprint density at radius 3 is 2.40 bits per heavy atom. The molecule has 0 unspecified atom stereocenters. The van der Waals surface area contributed by atoms with Crippen molar-refractivity contribution in [2.75, 3.05) is 24.5 Å². The molecule has 0 aliphatic carbocycles. The van der Waals surface area contributed by atoms with Gasteiger partial charge in [0.25, 0.3) is 11.8 Å². The number of halogens is 2. The molecule has 0 saturated carbocycles. The summed E-state index contributed by atoms with van der Waals surface area (Å²) in [5.41, 5.74) is 2.13. The largest absolute Gasteiger partial charge is 0.371 e. The second-order valence-corrected chi connectivity index (χ2v) is 8.80. The maximum Gasteiger partial charge on any atom is 0.253 e. The Labute approximate surface area is 187 Å². The average molecular weight is 448 g/mol. The lowest BCUT2D eigenvalue weighted by Crippen LogP contribution is -2.45. The highest BCUT2D eigenvalue weighted by molar-refractivity contribution is 6.42. The number of anilines is 1. The van der Waals surface area contributed by atoms with Gasteiger partial charge in [-0.05, 0) is 49.1 Å². The molecule has 1 aliphatic heterocycles. The summed E-state index contributed by atoms with van der Waals surface area (Å²) in [5.74, 6) is 0.200. The predicted molar refractivity (Wildman–Crippen MR) is 123 cm³/mol. The van der Waals surface area contributed by atoms with Gasteiger partial charge in [-0.3, -0.25) is 9.59 Å². The zero-order chi connectivity index (χ0) is 21.7. The van der Waals surface area contributed by atoms with Crippen molar-refractivity contribution in [3.05, 3.63) is 63.6 Å². The van der Waals surface area contributed by atoms with E-state index >= 15 is 0 Å². The minimum atomic E-state index is -0.152. The smallest absolute Gasteiger partial charge is 0.253 e. The van der Waals surface area contributed by atoms with Gasteiger partial charge in [0.2, 0.25) is 0 Å². The first-order chi connectivity index (χ1) is 14.3. The molecule has 0 spiro atoms. The Morgan fingerprint density at radius 2 is 1.73 bits per heavy atom. The summed E-state index contributed by atoms with van der Waals surface area (Å²) >= 11 is 11.9. The number of amides is 2. The Hall–Kier alpha value is -2.24. The molecule has 160 valence electrons. The van der Waals surface area contributed by atoms with Gasteiger partial charge in [0.1, 0.15) is 0 Å². The molecule has 1 fully saturated rings. The summed E-state index contributed by atoms with van der Waals surface area (Å²) < 4.78 is 0. The third kappa shape index (κ3) is 5.67. The topological polar surface area (TPSA) is 61.4 Å². The number of nitrogens with zero attached hydrogens (tertiary/aromatic N) is 1. The van der Waals surface area contributed by atoms with E-state index in [0.717, 1.165) is 31.6 Å². The molecule has 0 radical (unpaired) electrons. The van der Waals surface area contributed by atoms with Gasteiger partial charge in [0.05, 0.1) is 15.6 Å². The fraction of sp³-hybridized carbons (Fsp3) is 0.391. The fourth-order valence-electron chi connectivity index (χ4n) is 3.50. The van der Waals surface area contributed by atoms with E-state index in [-0.39, 0.29) is 17.9 Å². The van der Waals surface area contributed by atoms with Gasteiger partial charge in [-0.2, -0.15) is 0 Å². The van der Waals surface area contributed by atoms with Crippen LogP contribution in [-0.2, 0) is 0 Å². The highest BCUT2D eigenvalue weighted by Gasteiger charge is 2.24. The van der Waals surface area contributed by atoms with E-state index in [1.807, 2.05) is 24.3 Å². The van der Waals surface area contributed by atoms with Gasteiger partial charge < -0.3 is 15.5 Å². The summed E-state index contributed by atoms with van der Waals surface area (Å²) in [6.45, 7) is 6.32. The van der Waals surface area contributed by atoms with Crippen LogP contribution in [0.2, 0.25) is 10.0 Å². The average Bonchev–Trinajstić information content (AvgIpc) is 2.74. The third-order valence-corrected chi connectivity index (χ3v) is 5.91. The van der Waals surface area contributed by atoms with Crippen molar-refractivity contribution in [1.29, 1.82) is 0 Å². The zero-order valence-electron chi connectivity index (χ0n) is 17.3. The lowest BCUT2D eigenvalue weighted by atomic mass is 10.0. The fourth-order valence-corrected chi connectivity index (χ4v) is 3.80. The van der Waals surface area contributed by atoms with Crippen LogP contribution in [0.3, 0.4) is 0 Å². The Kier molecular flexibility index (Phi) is 7.62. The van der Waals surface area contributed by atoms with E-state index in [0.29, 0.717) is 33.6 Å². The van der Waals surface area contributed by atoms with Gasteiger partial charge in [0.15, 0.2) is 0 Å². The zero-order valence-corrected chi connectivity index (χ0v) is 18.8. The molecule has 1 aliphatic rings. The van der Waals surface area contributed by atoms with Gasteiger partial charge >= 0.3 is 0 Å². The van der Waals surface area contributed by atoms with E-state index in [9.17, 15) is 9.59 Å². The van der Waals surface area contributed by atoms with Crippen molar-refractivity contribution >= 4 is 40.7 Å². The van der Waals surface area contributed by atoms with Crippen molar-refractivity contribution < 1.29 is 9.59 Å². The minimum Gasteiger partial charge on any atom is -0.371 e. The molecule has 2 aromatic rings. The van der Waals surface area contributed by atoms with Crippen LogP contribution in [0.25, 0.3) is 0 Å². The van der Waals surface area contributed by atoms with Gasteiger partial charge in [-0.25, -0.2) is 0 Å². The summed E-state index contributed by atoms with van der Waals surface area (Å²) in [7, 11) is 0. The summed E-state index contributed by atoms with van der Waals surface area (Å²) in [5, 5.41) is 6.87. The Bertz CT molecular complexity index is 909.